The molecule has 284 valence electrons. The number of rotatable bonds is 9. The van der Waals surface area contributed by atoms with E-state index >= 15 is 0 Å². The third-order valence-corrected chi connectivity index (χ3v) is 19.1. The van der Waals surface area contributed by atoms with Gasteiger partial charge in [0.1, 0.15) is 22.1 Å². The number of nitrogens with zero attached hydrogens (tertiary/aromatic N) is 6. The molecule has 0 unspecified atom stereocenters. The monoisotopic (exact) mass is 864 g/mol. The van der Waals surface area contributed by atoms with Gasteiger partial charge in [-0.05, 0) is 68.7 Å². The van der Waals surface area contributed by atoms with Crippen LogP contribution in [0.15, 0.2) is 24.3 Å². The minimum absolute atomic E-state index is 0.650. The highest BCUT2D eigenvalue weighted by Crippen LogP contribution is 2.53. The molecule has 0 saturated carbocycles. The summed E-state index contributed by atoms with van der Waals surface area (Å²) in [4.78, 5) is 16.3. The van der Waals surface area contributed by atoms with Crippen LogP contribution in [0.25, 0.3) is 103 Å². The van der Waals surface area contributed by atoms with E-state index in [0.717, 1.165) is 76.7 Å². The molecule has 0 atom stereocenters. The Morgan fingerprint density at radius 3 is 1.57 bits per heavy atom. The third kappa shape index (κ3) is 5.23. The molecule has 0 bridgehead atoms. The zero-order valence-electron chi connectivity index (χ0n) is 32.5. The summed E-state index contributed by atoms with van der Waals surface area (Å²) in [5, 5.41) is 0. The number of fused-ring (bicyclic) bond motifs is 12. The van der Waals surface area contributed by atoms with Crippen molar-refractivity contribution in [1.29, 1.82) is 0 Å². The maximum Gasteiger partial charge on any atom is 0.116 e. The summed E-state index contributed by atoms with van der Waals surface area (Å²) in [5.74, 6) is 1.30. The fourth-order valence-corrected chi connectivity index (χ4v) is 17.7. The molecule has 6 nitrogen and oxygen atoms in total. The summed E-state index contributed by atoms with van der Waals surface area (Å²) in [6, 6.07) is 9.62. The molecule has 0 spiro atoms. The Morgan fingerprint density at radius 2 is 1.09 bits per heavy atom. The van der Waals surface area contributed by atoms with Crippen LogP contribution in [-0.2, 0) is 33.4 Å². The highest BCUT2D eigenvalue weighted by molar-refractivity contribution is 7.37. The van der Waals surface area contributed by atoms with Crippen molar-refractivity contribution >= 4 is 161 Å². The van der Waals surface area contributed by atoms with Crippen molar-refractivity contribution in [3.8, 4) is 20.9 Å². The summed E-state index contributed by atoms with van der Waals surface area (Å²) in [6.07, 6.45) is 5.38. The predicted molar refractivity (Wildman–Crippen MR) is 252 cm³/mol. The van der Waals surface area contributed by atoms with Crippen LogP contribution in [0.1, 0.15) is 68.6 Å². The summed E-state index contributed by atoms with van der Waals surface area (Å²) >= 11 is 12.9. The van der Waals surface area contributed by atoms with Crippen LogP contribution in [0.2, 0.25) is 0 Å². The van der Waals surface area contributed by atoms with Gasteiger partial charge in [-0.1, -0.05) is 41.0 Å². The zero-order valence-corrected chi connectivity index (χ0v) is 38.3. The van der Waals surface area contributed by atoms with Crippen LogP contribution in [-0.4, -0.2) is 27.8 Å². The number of unbranched alkanes of at least 4 members (excludes halogenated alkanes) is 1. The van der Waals surface area contributed by atoms with Gasteiger partial charge in [-0.2, -0.15) is 8.75 Å². The molecule has 0 N–H and O–H groups in total. The molecule has 11 rings (SSSR count). The summed E-state index contributed by atoms with van der Waals surface area (Å²) < 4.78 is 26.0. The van der Waals surface area contributed by atoms with E-state index < -0.39 is 0 Å². The lowest BCUT2D eigenvalue weighted by molar-refractivity contribution is 0.654. The van der Waals surface area contributed by atoms with E-state index in [9.17, 15) is 0 Å². The highest BCUT2D eigenvalue weighted by atomic mass is 32.1. The largest absolute Gasteiger partial charge is 0.341 e. The Labute approximate surface area is 352 Å². The maximum absolute atomic E-state index is 5.54. The van der Waals surface area contributed by atoms with Crippen molar-refractivity contribution in [2.45, 2.75) is 73.6 Å². The molecular weight excluding hydrogens is 825 g/mol. The Morgan fingerprint density at radius 1 is 0.589 bits per heavy atom. The average Bonchev–Trinajstić information content (AvgIpc) is 3.99. The lowest BCUT2D eigenvalue weighted by Crippen LogP contribution is -2.02. The molecule has 0 fully saturated rings. The number of aromatic nitrogens is 6. The van der Waals surface area contributed by atoms with Crippen LogP contribution in [0.4, 0.5) is 0 Å². The van der Waals surface area contributed by atoms with Gasteiger partial charge in [-0.3, -0.25) is 0 Å². The first-order valence-corrected chi connectivity index (χ1v) is 25.0. The minimum atomic E-state index is 0.650. The van der Waals surface area contributed by atoms with E-state index in [2.05, 4.69) is 89.0 Å². The van der Waals surface area contributed by atoms with Crippen LogP contribution >= 0.6 is 79.7 Å². The lowest BCUT2D eigenvalue weighted by Gasteiger charge is -2.13. The Bertz CT molecular complexity index is 3360. The third-order valence-electron chi connectivity index (χ3n) is 11.1. The number of hydrogen-bond donors (Lipinski definition) is 0. The SMILES string of the molecule is CCCCc1nc2c(-c3cc4sc5c6sc(CC(C)C)cc6n(C)c5c4s3)c3nsnc3c(-c3cc4sc5c6sc(CC(C)C)cc6n(C)c5c4s3)c2nc1C. The van der Waals surface area contributed by atoms with E-state index in [1.54, 1.807) is 0 Å². The molecule has 0 aliphatic rings. The second kappa shape index (κ2) is 13.1. The molecule has 0 saturated heterocycles. The average molecular weight is 865 g/mol. The molecule has 13 heteroatoms. The summed E-state index contributed by atoms with van der Waals surface area (Å²) in [5.41, 5.74) is 13.4. The first-order chi connectivity index (χ1) is 27.1. The Balaban J connectivity index is 1.12. The van der Waals surface area contributed by atoms with Gasteiger partial charge in [-0.15, -0.1) is 68.0 Å². The Kier molecular flexibility index (Phi) is 8.39. The van der Waals surface area contributed by atoms with Crippen LogP contribution < -0.4 is 0 Å². The quantitative estimate of drug-likeness (QED) is 0.145. The molecule has 11 aromatic rings. The summed E-state index contributed by atoms with van der Waals surface area (Å²) in [6.45, 7) is 13.6. The normalized spacial score (nSPS) is 13.0. The van der Waals surface area contributed by atoms with Gasteiger partial charge in [0.05, 0.1) is 73.4 Å². The topological polar surface area (TPSA) is 61.4 Å². The molecule has 10 aromatic heterocycles. The molecule has 0 aliphatic heterocycles. The van der Waals surface area contributed by atoms with Crippen LogP contribution in [0.5, 0.6) is 0 Å². The van der Waals surface area contributed by atoms with Crippen molar-refractivity contribution in [2.75, 3.05) is 0 Å². The molecule has 56 heavy (non-hydrogen) atoms. The minimum Gasteiger partial charge on any atom is -0.341 e. The number of benzene rings is 1. The van der Waals surface area contributed by atoms with Gasteiger partial charge in [0.25, 0.3) is 0 Å². The molecule has 0 radical (unpaired) electrons. The van der Waals surface area contributed by atoms with Crippen molar-refractivity contribution in [1.82, 2.24) is 27.8 Å². The van der Waals surface area contributed by atoms with Gasteiger partial charge in [-0.25, -0.2) is 9.97 Å². The van der Waals surface area contributed by atoms with E-state index in [1.807, 2.05) is 68.0 Å². The number of hydrogen-bond acceptors (Lipinski definition) is 11. The van der Waals surface area contributed by atoms with E-state index in [4.69, 9.17) is 18.7 Å². The van der Waals surface area contributed by atoms with Crippen LogP contribution in [0, 0.1) is 18.8 Å². The molecule has 10 heterocycles. The fraction of sp³-hybridized carbons (Fsp3) is 0.349. The van der Waals surface area contributed by atoms with Crippen molar-refractivity contribution in [2.24, 2.45) is 25.9 Å². The van der Waals surface area contributed by atoms with Crippen molar-refractivity contribution < 1.29 is 0 Å². The molecule has 0 amide bonds. The van der Waals surface area contributed by atoms with Crippen molar-refractivity contribution in [3.05, 3.63) is 45.4 Å². The van der Waals surface area contributed by atoms with Crippen molar-refractivity contribution in [3.63, 3.8) is 0 Å². The standard InChI is InChI=1S/C43H40N6S7/c1-9-10-11-23-20(6)44-32-30(26-16-28-40(52-26)36-42(54-28)38-24(48(36)7)14-21(50-38)12-18(2)3)34-35(47-56-46-34)31(33(32)45-23)27-17-29-41(53-27)37-43(55-29)39-25(49(37)8)15-22(51-39)13-19(4)5/h14-19H,9-13H2,1-8H3. The highest BCUT2D eigenvalue weighted by Gasteiger charge is 2.28. The first-order valence-electron chi connectivity index (χ1n) is 19.4. The van der Waals surface area contributed by atoms with Gasteiger partial charge in [0.15, 0.2) is 0 Å². The smallest absolute Gasteiger partial charge is 0.116 e. The van der Waals surface area contributed by atoms with E-state index in [-0.39, 0.29) is 0 Å². The van der Waals surface area contributed by atoms with Gasteiger partial charge in [0.2, 0.25) is 0 Å². The number of aryl methyl sites for hydroxylation is 4. The molecule has 0 aliphatic carbocycles. The zero-order chi connectivity index (χ0) is 38.3. The summed E-state index contributed by atoms with van der Waals surface area (Å²) in [7, 11) is 4.48. The predicted octanol–water partition coefficient (Wildman–Crippen LogP) is 15.0. The van der Waals surface area contributed by atoms with E-state index in [0.29, 0.717) is 11.8 Å². The van der Waals surface area contributed by atoms with E-state index in [1.165, 1.54) is 90.9 Å². The number of thiophene rings is 6. The molecular formula is C43H40N6S7. The van der Waals surface area contributed by atoms with Gasteiger partial charge < -0.3 is 9.13 Å². The second-order valence-electron chi connectivity index (χ2n) is 16.1. The lowest BCUT2D eigenvalue weighted by atomic mass is 10.0. The molecule has 1 aromatic carbocycles. The van der Waals surface area contributed by atoms with Gasteiger partial charge >= 0.3 is 0 Å². The van der Waals surface area contributed by atoms with Gasteiger partial charge in [0, 0.05) is 54.1 Å². The van der Waals surface area contributed by atoms with Crippen LogP contribution in [0.3, 0.4) is 0 Å². The second-order valence-corrected chi connectivity index (χ2v) is 23.1. The fourth-order valence-electron chi connectivity index (χ4n) is 8.54. The Hall–Kier alpha value is -3.30. The maximum atomic E-state index is 5.54. The first kappa shape index (κ1) is 35.8.